The number of benzene rings is 3. The lowest BCUT2D eigenvalue weighted by Crippen LogP contribution is -2.56. The van der Waals surface area contributed by atoms with E-state index >= 15 is 0 Å². The molecule has 3 aromatic rings. The van der Waals surface area contributed by atoms with Crippen molar-refractivity contribution in [3.05, 3.63) is 101 Å². The van der Waals surface area contributed by atoms with Gasteiger partial charge in [0.05, 0.1) is 13.2 Å². The first kappa shape index (κ1) is 23.1. The zero-order valence-electron chi connectivity index (χ0n) is 20.7. The number of piperazine rings is 1. The van der Waals surface area contributed by atoms with Crippen LogP contribution < -0.4 is 10.1 Å². The minimum absolute atomic E-state index is 0.208. The third-order valence-corrected chi connectivity index (χ3v) is 7.64. The molecule has 2 unspecified atom stereocenters. The van der Waals surface area contributed by atoms with Crippen LogP contribution in [0.5, 0.6) is 5.75 Å². The summed E-state index contributed by atoms with van der Waals surface area (Å²) in [6.45, 7) is 10.0. The third-order valence-electron chi connectivity index (χ3n) is 7.64. The quantitative estimate of drug-likeness (QED) is 0.539. The maximum atomic E-state index is 5.60. The van der Waals surface area contributed by atoms with Crippen LogP contribution in [0.25, 0.3) is 0 Å². The van der Waals surface area contributed by atoms with E-state index in [2.05, 4.69) is 102 Å². The molecule has 5 rings (SSSR count). The van der Waals surface area contributed by atoms with E-state index in [1.165, 1.54) is 22.3 Å². The van der Waals surface area contributed by atoms with Crippen LogP contribution in [0.3, 0.4) is 0 Å². The summed E-state index contributed by atoms with van der Waals surface area (Å²) in [6.07, 6.45) is 0. The molecule has 4 nitrogen and oxygen atoms in total. The molecule has 2 aliphatic rings. The molecule has 0 aromatic heterocycles. The Morgan fingerprint density at radius 2 is 1.62 bits per heavy atom. The highest BCUT2D eigenvalue weighted by Gasteiger charge is 2.35. The van der Waals surface area contributed by atoms with Crippen LogP contribution in [0.4, 0.5) is 0 Å². The molecule has 34 heavy (non-hydrogen) atoms. The van der Waals surface area contributed by atoms with Gasteiger partial charge in [-0.15, -0.1) is 0 Å². The second-order valence-corrected chi connectivity index (χ2v) is 10.0. The van der Waals surface area contributed by atoms with Gasteiger partial charge in [0.2, 0.25) is 0 Å². The average molecular weight is 456 g/mol. The van der Waals surface area contributed by atoms with Crippen LogP contribution in [0.1, 0.15) is 48.1 Å². The lowest BCUT2D eigenvalue weighted by atomic mass is 9.89. The van der Waals surface area contributed by atoms with Gasteiger partial charge in [-0.05, 0) is 48.2 Å². The number of hydrogen-bond acceptors (Lipinski definition) is 4. The Hall–Kier alpha value is -2.66. The highest BCUT2D eigenvalue weighted by atomic mass is 16.5. The Balaban J connectivity index is 1.42. The summed E-state index contributed by atoms with van der Waals surface area (Å²) >= 11 is 0. The minimum Gasteiger partial charge on any atom is -0.497 e. The summed E-state index contributed by atoms with van der Waals surface area (Å²) < 4.78 is 5.60. The fraction of sp³-hybridized carbons (Fsp3) is 0.400. The molecule has 0 saturated carbocycles. The predicted molar refractivity (Wildman–Crippen MR) is 139 cm³/mol. The van der Waals surface area contributed by atoms with Crippen molar-refractivity contribution in [2.24, 2.45) is 0 Å². The standard InChI is InChI=1S/C30H37N3O/c1-22-20-33(23(2)19-32(22)21-24-8-5-4-6-9-24)30(27-10-7-11-29(16-27)34-3)26-14-12-25(13-15-26)28-17-31-18-28/h4-16,22-23,28,30-31H,17-21H2,1-3H3/t22?,23-,30?/m1/s1. The predicted octanol–water partition coefficient (Wildman–Crippen LogP) is 5.07. The van der Waals surface area contributed by atoms with Crippen LogP contribution in [0.15, 0.2) is 78.9 Å². The molecule has 2 aliphatic heterocycles. The van der Waals surface area contributed by atoms with E-state index in [1.54, 1.807) is 7.11 Å². The number of nitrogens with one attached hydrogen (secondary N) is 1. The Labute approximate surface area is 204 Å². The Bertz CT molecular complexity index is 1060. The number of hydrogen-bond donors (Lipinski definition) is 1. The molecule has 3 aromatic carbocycles. The van der Waals surface area contributed by atoms with Crippen LogP contribution >= 0.6 is 0 Å². The summed E-state index contributed by atoms with van der Waals surface area (Å²) in [5.74, 6) is 1.58. The van der Waals surface area contributed by atoms with Gasteiger partial charge in [-0.1, -0.05) is 66.7 Å². The average Bonchev–Trinajstić information content (AvgIpc) is 2.83. The monoisotopic (exact) mass is 455 g/mol. The first-order valence-corrected chi connectivity index (χ1v) is 12.6. The van der Waals surface area contributed by atoms with Crippen LogP contribution in [0, 0.1) is 0 Å². The first-order valence-electron chi connectivity index (χ1n) is 12.6. The number of methoxy groups -OCH3 is 1. The van der Waals surface area contributed by atoms with E-state index in [0.29, 0.717) is 18.0 Å². The van der Waals surface area contributed by atoms with Gasteiger partial charge in [-0.25, -0.2) is 0 Å². The molecule has 0 aliphatic carbocycles. The highest BCUT2D eigenvalue weighted by Crippen LogP contribution is 2.35. The van der Waals surface area contributed by atoms with Crippen LogP contribution in [-0.2, 0) is 6.54 Å². The van der Waals surface area contributed by atoms with Crippen LogP contribution in [0.2, 0.25) is 0 Å². The minimum atomic E-state index is 0.208. The van der Waals surface area contributed by atoms with Gasteiger partial charge in [-0.3, -0.25) is 9.80 Å². The lowest BCUT2D eigenvalue weighted by molar-refractivity contribution is 0.0195. The van der Waals surface area contributed by atoms with Crippen LogP contribution in [-0.4, -0.2) is 55.2 Å². The zero-order chi connectivity index (χ0) is 23.5. The molecule has 3 atom stereocenters. The Morgan fingerprint density at radius 1 is 0.853 bits per heavy atom. The molecule has 4 heteroatoms. The van der Waals surface area contributed by atoms with Crippen molar-refractivity contribution >= 4 is 0 Å². The van der Waals surface area contributed by atoms with E-state index < -0.39 is 0 Å². The van der Waals surface area contributed by atoms with Gasteiger partial charge < -0.3 is 10.1 Å². The van der Waals surface area contributed by atoms with E-state index in [9.17, 15) is 0 Å². The fourth-order valence-corrected chi connectivity index (χ4v) is 5.48. The van der Waals surface area contributed by atoms with Crippen molar-refractivity contribution in [3.8, 4) is 5.75 Å². The maximum absolute atomic E-state index is 5.60. The van der Waals surface area contributed by atoms with Crippen molar-refractivity contribution in [1.82, 2.24) is 15.1 Å². The smallest absolute Gasteiger partial charge is 0.119 e. The molecule has 178 valence electrons. The zero-order valence-corrected chi connectivity index (χ0v) is 20.7. The third kappa shape index (κ3) is 4.90. The second-order valence-electron chi connectivity index (χ2n) is 10.0. The van der Waals surface area contributed by atoms with Gasteiger partial charge in [0.25, 0.3) is 0 Å². The molecule has 2 fully saturated rings. The van der Waals surface area contributed by atoms with Gasteiger partial charge in [0, 0.05) is 50.7 Å². The van der Waals surface area contributed by atoms with E-state index in [1.807, 2.05) is 6.07 Å². The van der Waals surface area contributed by atoms with E-state index in [0.717, 1.165) is 38.5 Å². The van der Waals surface area contributed by atoms with Gasteiger partial charge in [-0.2, -0.15) is 0 Å². The number of rotatable bonds is 7. The Kier molecular flexibility index (Phi) is 7.00. The number of ether oxygens (including phenoxy) is 1. The Morgan fingerprint density at radius 3 is 2.29 bits per heavy atom. The summed E-state index contributed by atoms with van der Waals surface area (Å²) in [5, 5.41) is 3.39. The SMILES string of the molecule is COc1cccc(C(c2ccc(C3CNC3)cc2)N2CC(C)N(Cc3ccccc3)C[C@H]2C)c1. The summed E-state index contributed by atoms with van der Waals surface area (Å²) in [7, 11) is 1.75. The topological polar surface area (TPSA) is 27.7 Å². The fourth-order valence-electron chi connectivity index (χ4n) is 5.48. The lowest BCUT2D eigenvalue weighted by Gasteiger charge is -2.48. The van der Waals surface area contributed by atoms with Crippen molar-refractivity contribution in [2.45, 2.75) is 44.4 Å². The maximum Gasteiger partial charge on any atom is 0.119 e. The largest absolute Gasteiger partial charge is 0.497 e. The molecule has 0 bridgehead atoms. The van der Waals surface area contributed by atoms with Crippen molar-refractivity contribution in [3.63, 3.8) is 0 Å². The molecule has 2 saturated heterocycles. The second kappa shape index (κ2) is 10.3. The summed E-state index contributed by atoms with van der Waals surface area (Å²) in [4.78, 5) is 5.33. The molecule has 2 heterocycles. The van der Waals surface area contributed by atoms with E-state index in [4.69, 9.17) is 4.74 Å². The van der Waals surface area contributed by atoms with Gasteiger partial charge in [0.15, 0.2) is 0 Å². The summed E-state index contributed by atoms with van der Waals surface area (Å²) in [6, 6.07) is 30.0. The van der Waals surface area contributed by atoms with E-state index in [-0.39, 0.29) is 6.04 Å². The van der Waals surface area contributed by atoms with Gasteiger partial charge >= 0.3 is 0 Å². The molecular weight excluding hydrogens is 418 g/mol. The molecule has 0 amide bonds. The van der Waals surface area contributed by atoms with Crippen molar-refractivity contribution in [1.29, 1.82) is 0 Å². The molecule has 1 N–H and O–H groups in total. The molecule has 0 radical (unpaired) electrons. The summed E-state index contributed by atoms with van der Waals surface area (Å²) in [5.41, 5.74) is 5.49. The normalized spacial score (nSPS) is 22.8. The number of nitrogens with zero attached hydrogens (tertiary/aromatic N) is 2. The van der Waals surface area contributed by atoms with Crippen molar-refractivity contribution < 1.29 is 4.74 Å². The first-order chi connectivity index (χ1) is 16.6. The molecular formula is C30H37N3O. The molecule has 0 spiro atoms. The van der Waals surface area contributed by atoms with Gasteiger partial charge in [0.1, 0.15) is 5.75 Å². The van der Waals surface area contributed by atoms with Crippen molar-refractivity contribution in [2.75, 3.05) is 33.3 Å². The highest BCUT2D eigenvalue weighted by molar-refractivity contribution is 5.39.